The molecule has 0 aromatic rings. The predicted molar refractivity (Wildman–Crippen MR) is 37.3 cm³/mol. The van der Waals surface area contributed by atoms with Gasteiger partial charge in [-0.15, -0.1) is 0 Å². The van der Waals surface area contributed by atoms with Crippen molar-refractivity contribution in [3.8, 4) is 6.07 Å². The molecule has 0 aromatic carbocycles. The maximum Gasteiger partial charge on any atom is 0.0849 e. The molecule has 0 saturated heterocycles. The Bertz CT molecular complexity index is 162. The Hall–Kier alpha value is -1.10. The van der Waals surface area contributed by atoms with E-state index in [1.165, 1.54) is 0 Å². The molecule has 0 aliphatic carbocycles. The summed E-state index contributed by atoms with van der Waals surface area (Å²) in [5, 5.41) is 15.5. The van der Waals surface area contributed by atoms with Gasteiger partial charge in [0.25, 0.3) is 0 Å². The van der Waals surface area contributed by atoms with Gasteiger partial charge in [0.1, 0.15) is 0 Å². The summed E-state index contributed by atoms with van der Waals surface area (Å²) in [6.45, 7) is 3.54. The first kappa shape index (κ1) is 7.90. The topological polar surface area (TPSA) is 47.6 Å². The first-order valence-corrected chi connectivity index (χ1v) is 2.83. The van der Waals surface area contributed by atoms with Crippen molar-refractivity contribution in [1.29, 1.82) is 10.7 Å². The van der Waals surface area contributed by atoms with Gasteiger partial charge in [-0.05, 0) is 19.9 Å². The van der Waals surface area contributed by atoms with E-state index in [2.05, 4.69) is 0 Å². The predicted octanol–water partition coefficient (Wildman–Crippen LogP) is 1.74. The van der Waals surface area contributed by atoms with Crippen molar-refractivity contribution < 1.29 is 0 Å². The highest BCUT2D eigenvalue weighted by Gasteiger charge is 2.00. The zero-order chi connectivity index (χ0) is 7.28. The Balaban J connectivity index is 3.92. The molecule has 0 rings (SSSR count). The molecule has 0 aliphatic rings. The molecule has 1 N–H and O–H groups in total. The van der Waals surface area contributed by atoms with Crippen molar-refractivity contribution in [2.45, 2.75) is 13.8 Å². The highest BCUT2D eigenvalue weighted by atomic mass is 14.4. The lowest BCUT2D eigenvalue weighted by molar-refractivity contribution is 1.01. The van der Waals surface area contributed by atoms with Gasteiger partial charge in [-0.3, -0.25) is 0 Å². The third kappa shape index (κ3) is 2.65. The number of nitrogens with zero attached hydrogens (tertiary/aromatic N) is 1. The Morgan fingerprint density at radius 2 is 2.33 bits per heavy atom. The monoisotopic (exact) mass is 122 g/mol. The van der Waals surface area contributed by atoms with E-state index in [-0.39, 0.29) is 5.92 Å². The first-order valence-electron chi connectivity index (χ1n) is 2.83. The quantitative estimate of drug-likeness (QED) is 0.557. The zero-order valence-electron chi connectivity index (χ0n) is 5.68. The lowest BCUT2D eigenvalue weighted by atomic mass is 10.1. The van der Waals surface area contributed by atoms with Crippen molar-refractivity contribution in [1.82, 2.24) is 0 Å². The summed E-state index contributed by atoms with van der Waals surface area (Å²) in [4.78, 5) is 0. The molecule has 1 atom stereocenters. The maximum absolute atomic E-state index is 8.31. The normalized spacial score (nSPS) is 13.0. The molecule has 0 amide bonds. The number of allylic oxidation sites excluding steroid dienone is 2. The van der Waals surface area contributed by atoms with Gasteiger partial charge in [-0.2, -0.15) is 5.26 Å². The number of nitrogens with one attached hydrogen (secondary N) is 1. The molecule has 9 heavy (non-hydrogen) atoms. The average Bonchev–Trinajstić information content (AvgIpc) is 1.87. The first-order chi connectivity index (χ1) is 4.22. The van der Waals surface area contributed by atoms with Crippen molar-refractivity contribution in [3.63, 3.8) is 0 Å². The van der Waals surface area contributed by atoms with Gasteiger partial charge in [0, 0.05) is 5.71 Å². The molecule has 0 aliphatic heterocycles. The minimum Gasteiger partial charge on any atom is -0.304 e. The molecule has 1 unspecified atom stereocenters. The molecular formula is C7H10N2. The van der Waals surface area contributed by atoms with Gasteiger partial charge in [0.05, 0.1) is 12.0 Å². The maximum atomic E-state index is 8.31. The van der Waals surface area contributed by atoms with Crippen LogP contribution in [0.2, 0.25) is 0 Å². The lowest BCUT2D eigenvalue weighted by Crippen LogP contribution is -2.02. The Labute approximate surface area is 55.3 Å². The molecule has 2 nitrogen and oxygen atoms in total. The van der Waals surface area contributed by atoms with Crippen molar-refractivity contribution in [2.75, 3.05) is 0 Å². The van der Waals surface area contributed by atoms with E-state index >= 15 is 0 Å². The fraction of sp³-hybridized carbons (Fsp3) is 0.429. The second kappa shape index (κ2) is 3.85. The standard InChI is InChI=1S/C7H10N2/c1-3-4-7(9)6(2)5-8/h3-4,6,9H,1-2H3/b4-3-,9-7?. The zero-order valence-corrected chi connectivity index (χ0v) is 5.68. The minimum atomic E-state index is -0.277. The van der Waals surface area contributed by atoms with E-state index in [1.807, 2.05) is 13.0 Å². The van der Waals surface area contributed by atoms with Crippen LogP contribution in [-0.4, -0.2) is 5.71 Å². The third-order valence-electron chi connectivity index (χ3n) is 1.01. The Kier molecular flexibility index (Phi) is 3.38. The van der Waals surface area contributed by atoms with Gasteiger partial charge in [0.15, 0.2) is 0 Å². The van der Waals surface area contributed by atoms with Gasteiger partial charge in [-0.25, -0.2) is 0 Å². The molecule has 0 heterocycles. The van der Waals surface area contributed by atoms with Crippen LogP contribution in [0, 0.1) is 22.7 Å². The van der Waals surface area contributed by atoms with E-state index in [1.54, 1.807) is 19.1 Å². The smallest absolute Gasteiger partial charge is 0.0849 e. The third-order valence-corrected chi connectivity index (χ3v) is 1.01. The SMILES string of the molecule is C/C=C\C(=N)C(C)C#N. The molecule has 48 valence electrons. The van der Waals surface area contributed by atoms with E-state index in [0.717, 1.165) is 0 Å². The Morgan fingerprint density at radius 3 is 2.67 bits per heavy atom. The summed E-state index contributed by atoms with van der Waals surface area (Å²) in [6.07, 6.45) is 3.39. The summed E-state index contributed by atoms with van der Waals surface area (Å²) in [5.41, 5.74) is 0.375. The average molecular weight is 122 g/mol. The van der Waals surface area contributed by atoms with Crippen LogP contribution in [0.15, 0.2) is 12.2 Å². The van der Waals surface area contributed by atoms with Gasteiger partial charge in [-0.1, -0.05) is 6.08 Å². The molecular weight excluding hydrogens is 112 g/mol. The lowest BCUT2D eigenvalue weighted by Gasteiger charge is -1.95. The summed E-state index contributed by atoms with van der Waals surface area (Å²) >= 11 is 0. The van der Waals surface area contributed by atoms with Gasteiger partial charge < -0.3 is 5.41 Å². The van der Waals surface area contributed by atoms with Crippen LogP contribution in [0.3, 0.4) is 0 Å². The largest absolute Gasteiger partial charge is 0.304 e. The van der Waals surface area contributed by atoms with E-state index in [0.29, 0.717) is 5.71 Å². The van der Waals surface area contributed by atoms with Crippen LogP contribution >= 0.6 is 0 Å². The molecule has 0 bridgehead atoms. The minimum absolute atomic E-state index is 0.277. The van der Waals surface area contributed by atoms with E-state index in [9.17, 15) is 0 Å². The summed E-state index contributed by atoms with van der Waals surface area (Å²) < 4.78 is 0. The molecule has 0 aromatic heterocycles. The molecule has 0 radical (unpaired) electrons. The molecule has 0 spiro atoms. The summed E-state index contributed by atoms with van der Waals surface area (Å²) in [6, 6.07) is 1.97. The fourth-order valence-electron chi connectivity index (χ4n) is 0.393. The number of nitriles is 1. The number of rotatable bonds is 2. The highest BCUT2D eigenvalue weighted by Crippen LogP contribution is 1.94. The Morgan fingerprint density at radius 1 is 1.78 bits per heavy atom. The van der Waals surface area contributed by atoms with Gasteiger partial charge in [0.2, 0.25) is 0 Å². The van der Waals surface area contributed by atoms with Crippen molar-refractivity contribution >= 4 is 5.71 Å². The summed E-state index contributed by atoms with van der Waals surface area (Å²) in [7, 11) is 0. The number of hydrogen-bond acceptors (Lipinski definition) is 2. The van der Waals surface area contributed by atoms with Crippen LogP contribution in [-0.2, 0) is 0 Å². The highest BCUT2D eigenvalue weighted by molar-refractivity contribution is 5.95. The molecule has 2 heteroatoms. The molecule has 0 saturated carbocycles. The van der Waals surface area contributed by atoms with Gasteiger partial charge >= 0.3 is 0 Å². The summed E-state index contributed by atoms with van der Waals surface area (Å²) in [5.74, 6) is -0.277. The van der Waals surface area contributed by atoms with Crippen LogP contribution < -0.4 is 0 Å². The van der Waals surface area contributed by atoms with Crippen LogP contribution in [0.25, 0.3) is 0 Å². The second-order valence-electron chi connectivity index (χ2n) is 1.81. The van der Waals surface area contributed by atoms with Crippen LogP contribution in [0.5, 0.6) is 0 Å². The fourth-order valence-corrected chi connectivity index (χ4v) is 0.393. The van der Waals surface area contributed by atoms with Crippen molar-refractivity contribution in [3.05, 3.63) is 12.2 Å². The second-order valence-corrected chi connectivity index (χ2v) is 1.81. The van der Waals surface area contributed by atoms with Crippen molar-refractivity contribution in [2.24, 2.45) is 5.92 Å². The number of hydrogen-bond donors (Lipinski definition) is 1. The van der Waals surface area contributed by atoms with E-state index in [4.69, 9.17) is 10.7 Å². The molecule has 0 fully saturated rings. The van der Waals surface area contributed by atoms with Crippen LogP contribution in [0.1, 0.15) is 13.8 Å². The van der Waals surface area contributed by atoms with Crippen LogP contribution in [0.4, 0.5) is 0 Å². The van der Waals surface area contributed by atoms with E-state index < -0.39 is 0 Å².